The van der Waals surface area contributed by atoms with Gasteiger partial charge in [0, 0.05) is 23.5 Å². The molecule has 0 aliphatic carbocycles. The zero-order valence-corrected chi connectivity index (χ0v) is 19.3. The average Bonchev–Trinajstić information content (AvgIpc) is 3.23. The van der Waals surface area contributed by atoms with E-state index < -0.39 is 73.0 Å². The zero-order chi connectivity index (χ0) is 27.0. The fourth-order valence-electron chi connectivity index (χ4n) is 3.33. The second kappa shape index (κ2) is 12.6. The van der Waals surface area contributed by atoms with Crippen molar-refractivity contribution < 1.29 is 44.4 Å². The molecule has 0 radical (unpaired) electrons. The molecule has 0 aliphatic heterocycles. The maximum Gasteiger partial charge on any atom is 0.326 e. The molecule has 14 heteroatoms. The van der Waals surface area contributed by atoms with Crippen molar-refractivity contribution in [2.75, 3.05) is 6.61 Å². The summed E-state index contributed by atoms with van der Waals surface area (Å²) in [7, 11) is 0. The minimum Gasteiger partial charge on any atom is -0.481 e. The van der Waals surface area contributed by atoms with Gasteiger partial charge in [0.15, 0.2) is 0 Å². The predicted molar refractivity (Wildman–Crippen MR) is 124 cm³/mol. The van der Waals surface area contributed by atoms with E-state index in [2.05, 4.69) is 20.9 Å². The van der Waals surface area contributed by atoms with E-state index in [0.717, 1.165) is 10.9 Å². The van der Waals surface area contributed by atoms with Crippen LogP contribution in [0.1, 0.15) is 18.9 Å². The molecule has 36 heavy (non-hydrogen) atoms. The van der Waals surface area contributed by atoms with Crippen LogP contribution in [0.25, 0.3) is 10.9 Å². The second-order valence-corrected chi connectivity index (χ2v) is 8.13. The Labute approximate surface area is 204 Å². The lowest BCUT2D eigenvalue weighted by atomic mass is 10.0. The number of aromatic nitrogens is 1. The Hall–Kier alpha value is -4.01. The molecular weight excluding hydrogens is 478 g/mol. The summed E-state index contributed by atoms with van der Waals surface area (Å²) in [5.41, 5.74) is 6.82. The lowest BCUT2D eigenvalue weighted by Gasteiger charge is -2.24. The smallest absolute Gasteiger partial charge is 0.326 e. The van der Waals surface area contributed by atoms with Crippen LogP contribution < -0.4 is 21.7 Å². The van der Waals surface area contributed by atoms with Crippen LogP contribution in [-0.4, -0.2) is 91.9 Å². The molecule has 3 amide bonds. The highest BCUT2D eigenvalue weighted by molar-refractivity contribution is 5.96. The quantitative estimate of drug-likeness (QED) is 0.137. The third-order valence-corrected chi connectivity index (χ3v) is 5.36. The number of fused-ring (bicyclic) bond motifs is 1. The fourth-order valence-corrected chi connectivity index (χ4v) is 3.33. The highest BCUT2D eigenvalue weighted by Crippen LogP contribution is 2.19. The van der Waals surface area contributed by atoms with E-state index in [9.17, 15) is 44.4 Å². The van der Waals surface area contributed by atoms with E-state index in [1.54, 1.807) is 30.5 Å². The average molecular weight is 508 g/mol. The van der Waals surface area contributed by atoms with E-state index in [4.69, 9.17) is 5.73 Å². The largest absolute Gasteiger partial charge is 0.481 e. The number of nitrogens with two attached hydrogens (primary N) is 1. The molecule has 196 valence electrons. The molecule has 10 N–H and O–H groups in total. The highest BCUT2D eigenvalue weighted by atomic mass is 16.4. The minimum absolute atomic E-state index is 0.134. The van der Waals surface area contributed by atoms with Crippen LogP contribution in [0.3, 0.4) is 0 Å². The molecule has 2 aromatic rings. The molecule has 14 nitrogen and oxygen atoms in total. The Morgan fingerprint density at radius 3 is 2.11 bits per heavy atom. The van der Waals surface area contributed by atoms with E-state index in [0.29, 0.717) is 5.56 Å². The molecule has 5 atom stereocenters. The Bertz CT molecular complexity index is 1120. The van der Waals surface area contributed by atoms with Gasteiger partial charge in [0.05, 0.1) is 19.1 Å². The number of aromatic amines is 1. The number of carbonyl (C=O) groups excluding carboxylic acids is 3. The van der Waals surface area contributed by atoms with Gasteiger partial charge in [-0.15, -0.1) is 0 Å². The first kappa shape index (κ1) is 28.2. The van der Waals surface area contributed by atoms with Gasteiger partial charge in [0.25, 0.3) is 0 Å². The molecular formula is C22H29N5O9. The summed E-state index contributed by atoms with van der Waals surface area (Å²) in [6.07, 6.45) is -0.708. The van der Waals surface area contributed by atoms with Crippen molar-refractivity contribution in [3.63, 3.8) is 0 Å². The monoisotopic (exact) mass is 507 g/mol. The van der Waals surface area contributed by atoms with Crippen LogP contribution in [0.4, 0.5) is 0 Å². The molecule has 0 spiro atoms. The minimum atomic E-state index is -1.73. The van der Waals surface area contributed by atoms with Gasteiger partial charge in [-0.1, -0.05) is 18.2 Å². The summed E-state index contributed by atoms with van der Waals surface area (Å²) in [5.74, 6) is -6.04. The molecule has 0 saturated carbocycles. The number of nitrogens with one attached hydrogen (secondary N) is 4. The molecule has 0 aliphatic rings. The van der Waals surface area contributed by atoms with Gasteiger partial charge in [-0.25, -0.2) is 4.79 Å². The number of aliphatic carboxylic acids is 2. The first-order chi connectivity index (χ1) is 16.9. The van der Waals surface area contributed by atoms with Gasteiger partial charge >= 0.3 is 11.9 Å². The molecule has 2 rings (SSSR count). The Morgan fingerprint density at radius 1 is 0.944 bits per heavy atom. The van der Waals surface area contributed by atoms with Crippen molar-refractivity contribution in [2.45, 2.75) is 50.0 Å². The summed E-state index contributed by atoms with van der Waals surface area (Å²) >= 11 is 0. The molecule has 0 fully saturated rings. The summed E-state index contributed by atoms with van der Waals surface area (Å²) in [4.78, 5) is 63.4. The third kappa shape index (κ3) is 7.49. The van der Waals surface area contributed by atoms with Crippen molar-refractivity contribution >= 4 is 40.6 Å². The number of H-pyrrole nitrogens is 1. The summed E-state index contributed by atoms with van der Waals surface area (Å²) in [6, 6.07) is 0.894. The number of hydrogen-bond donors (Lipinski definition) is 9. The van der Waals surface area contributed by atoms with Gasteiger partial charge in [0.2, 0.25) is 17.7 Å². The zero-order valence-electron chi connectivity index (χ0n) is 19.3. The van der Waals surface area contributed by atoms with Gasteiger partial charge in [-0.2, -0.15) is 0 Å². The third-order valence-electron chi connectivity index (χ3n) is 5.36. The maximum atomic E-state index is 12.8. The number of carbonyl (C=O) groups is 5. The standard InChI is InChI=1S/C22H29N5O9/c1-10(29)18(23)21(34)27-16(9-28)20(33)25-14(7-17(30)31)19(32)26-15(22(35)36)6-11-8-24-13-5-3-2-4-12(11)13/h2-5,8,10,14-16,18,24,28-29H,6-7,9,23H2,1H3,(H,25,33)(H,26,32)(H,27,34)(H,30,31)(H,35,36). The number of carboxylic acids is 2. The topological polar surface area (TPSA) is 244 Å². The van der Waals surface area contributed by atoms with Crippen molar-refractivity contribution in [3.8, 4) is 0 Å². The van der Waals surface area contributed by atoms with E-state index >= 15 is 0 Å². The highest BCUT2D eigenvalue weighted by Gasteiger charge is 2.32. The molecule has 5 unspecified atom stereocenters. The fraction of sp³-hybridized carbons (Fsp3) is 0.409. The SMILES string of the molecule is CC(O)C(N)C(=O)NC(CO)C(=O)NC(CC(=O)O)C(=O)NC(Cc1c[nH]c2ccccc12)C(=O)O. The van der Waals surface area contributed by atoms with Gasteiger partial charge in [-0.3, -0.25) is 19.2 Å². The molecule has 1 aromatic heterocycles. The van der Waals surface area contributed by atoms with Crippen LogP contribution >= 0.6 is 0 Å². The summed E-state index contributed by atoms with van der Waals surface area (Å²) < 4.78 is 0. The van der Waals surface area contributed by atoms with Gasteiger partial charge in [0.1, 0.15) is 24.2 Å². The molecule has 1 aromatic carbocycles. The second-order valence-electron chi connectivity index (χ2n) is 8.13. The summed E-state index contributed by atoms with van der Waals surface area (Å²) in [6.45, 7) is 0.310. The Morgan fingerprint density at radius 2 is 1.53 bits per heavy atom. The van der Waals surface area contributed by atoms with E-state index in [1.165, 1.54) is 6.92 Å². The molecule has 0 saturated heterocycles. The number of aliphatic hydroxyl groups is 2. The van der Waals surface area contributed by atoms with Gasteiger partial charge in [-0.05, 0) is 18.6 Å². The van der Waals surface area contributed by atoms with Crippen molar-refractivity contribution in [2.24, 2.45) is 5.73 Å². The first-order valence-corrected chi connectivity index (χ1v) is 10.9. The number of para-hydroxylation sites is 1. The van der Waals surface area contributed by atoms with Crippen LogP contribution in [0.2, 0.25) is 0 Å². The Kier molecular flexibility index (Phi) is 9.90. The normalized spacial score (nSPS) is 15.2. The maximum absolute atomic E-state index is 12.8. The van der Waals surface area contributed by atoms with Crippen molar-refractivity contribution in [1.29, 1.82) is 0 Å². The predicted octanol–water partition coefficient (Wildman–Crippen LogP) is -2.58. The number of hydrogen-bond acceptors (Lipinski definition) is 8. The summed E-state index contributed by atoms with van der Waals surface area (Å²) in [5, 5.41) is 44.8. The first-order valence-electron chi connectivity index (χ1n) is 10.9. The van der Waals surface area contributed by atoms with Crippen molar-refractivity contribution in [1.82, 2.24) is 20.9 Å². The van der Waals surface area contributed by atoms with Crippen LogP contribution in [0.5, 0.6) is 0 Å². The lowest BCUT2D eigenvalue weighted by molar-refractivity contribution is -0.143. The van der Waals surface area contributed by atoms with Crippen molar-refractivity contribution in [3.05, 3.63) is 36.0 Å². The Balaban J connectivity index is 2.14. The van der Waals surface area contributed by atoms with E-state index in [-0.39, 0.29) is 6.42 Å². The number of carboxylic acid groups (broad SMARTS) is 2. The van der Waals surface area contributed by atoms with Crippen LogP contribution in [-0.2, 0) is 30.4 Å². The lowest BCUT2D eigenvalue weighted by Crippen LogP contribution is -2.59. The van der Waals surface area contributed by atoms with Gasteiger partial charge < -0.3 is 47.1 Å². The van der Waals surface area contributed by atoms with E-state index in [1.807, 2.05) is 0 Å². The van der Waals surface area contributed by atoms with Crippen LogP contribution in [0.15, 0.2) is 30.5 Å². The number of rotatable bonds is 13. The number of aliphatic hydroxyl groups excluding tert-OH is 2. The molecule has 1 heterocycles. The van der Waals surface area contributed by atoms with Crippen LogP contribution in [0, 0.1) is 0 Å². The molecule has 0 bridgehead atoms. The number of benzene rings is 1. The number of amides is 3.